The second-order valence-corrected chi connectivity index (χ2v) is 7.91. The van der Waals surface area contributed by atoms with Crippen molar-refractivity contribution in [3.63, 3.8) is 0 Å². The summed E-state index contributed by atoms with van der Waals surface area (Å²) in [7, 11) is -1.49. The van der Waals surface area contributed by atoms with E-state index in [2.05, 4.69) is 21.6 Å². The monoisotopic (exact) mass is 345 g/mol. The van der Waals surface area contributed by atoms with Crippen LogP contribution >= 0.6 is 0 Å². The fourth-order valence-corrected chi connectivity index (χ4v) is 3.88. The number of piperazine rings is 1. The van der Waals surface area contributed by atoms with Crippen molar-refractivity contribution < 1.29 is 8.42 Å². The van der Waals surface area contributed by atoms with Gasteiger partial charge in [-0.2, -0.15) is 0 Å². The van der Waals surface area contributed by atoms with Crippen LogP contribution in [-0.2, 0) is 10.0 Å². The molecule has 0 aromatic heterocycles. The minimum atomic E-state index is -3.59. The molecule has 6 heteroatoms. The molecule has 2 aromatic rings. The molecule has 1 aliphatic rings. The molecule has 0 radical (unpaired) electrons. The Morgan fingerprint density at radius 2 is 1.54 bits per heavy atom. The molecular weight excluding hydrogens is 322 g/mol. The lowest BCUT2D eigenvalue weighted by Crippen LogP contribution is -2.44. The maximum atomic E-state index is 12.7. The van der Waals surface area contributed by atoms with Gasteiger partial charge in [-0.3, -0.25) is 4.72 Å². The van der Waals surface area contributed by atoms with Crippen molar-refractivity contribution in [1.29, 1.82) is 0 Å². The van der Waals surface area contributed by atoms with Gasteiger partial charge >= 0.3 is 0 Å². The predicted molar refractivity (Wildman–Crippen MR) is 98.1 cm³/mol. The summed E-state index contributed by atoms with van der Waals surface area (Å²) in [6, 6.07) is 14.5. The number of rotatable bonds is 4. The van der Waals surface area contributed by atoms with Crippen LogP contribution in [0, 0.1) is 6.92 Å². The number of aryl methyl sites for hydroxylation is 1. The van der Waals surface area contributed by atoms with Gasteiger partial charge in [0.1, 0.15) is 0 Å². The second kappa shape index (κ2) is 6.83. The van der Waals surface area contributed by atoms with Gasteiger partial charge < -0.3 is 9.80 Å². The van der Waals surface area contributed by atoms with Crippen molar-refractivity contribution in [3.8, 4) is 0 Å². The van der Waals surface area contributed by atoms with Gasteiger partial charge in [-0.05, 0) is 38.2 Å². The summed E-state index contributed by atoms with van der Waals surface area (Å²) in [6.07, 6.45) is 0. The van der Waals surface area contributed by atoms with Crippen molar-refractivity contribution in [1.82, 2.24) is 4.90 Å². The molecule has 128 valence electrons. The number of sulfonamides is 1. The van der Waals surface area contributed by atoms with Gasteiger partial charge in [0.2, 0.25) is 0 Å². The van der Waals surface area contributed by atoms with Crippen LogP contribution in [0.3, 0.4) is 0 Å². The van der Waals surface area contributed by atoms with Crippen molar-refractivity contribution in [2.24, 2.45) is 0 Å². The zero-order valence-electron chi connectivity index (χ0n) is 14.1. The van der Waals surface area contributed by atoms with Crippen molar-refractivity contribution in [3.05, 3.63) is 54.1 Å². The summed E-state index contributed by atoms with van der Waals surface area (Å²) < 4.78 is 28.1. The number of likely N-dealkylation sites (N-methyl/N-ethyl adjacent to an activating group) is 1. The van der Waals surface area contributed by atoms with E-state index in [0.29, 0.717) is 5.69 Å². The molecule has 0 amide bonds. The summed E-state index contributed by atoms with van der Waals surface area (Å²) >= 11 is 0. The van der Waals surface area contributed by atoms with E-state index in [9.17, 15) is 8.42 Å². The molecule has 2 aromatic carbocycles. The SMILES string of the molecule is Cc1ccc(S(=O)(=O)Nc2ccccc2N2CCN(C)CC2)cc1. The molecule has 3 rings (SSSR count). The van der Waals surface area contributed by atoms with E-state index in [0.717, 1.165) is 37.4 Å². The Balaban J connectivity index is 1.86. The number of para-hydroxylation sites is 2. The van der Waals surface area contributed by atoms with E-state index in [-0.39, 0.29) is 4.90 Å². The number of nitrogens with one attached hydrogen (secondary N) is 1. The first-order valence-electron chi connectivity index (χ1n) is 8.08. The Morgan fingerprint density at radius 1 is 0.917 bits per heavy atom. The average Bonchev–Trinajstić information content (AvgIpc) is 2.56. The lowest BCUT2D eigenvalue weighted by atomic mass is 10.2. The van der Waals surface area contributed by atoms with E-state index < -0.39 is 10.0 Å². The topological polar surface area (TPSA) is 52.7 Å². The summed E-state index contributed by atoms with van der Waals surface area (Å²) in [5.41, 5.74) is 2.59. The molecular formula is C18H23N3O2S. The highest BCUT2D eigenvalue weighted by atomic mass is 32.2. The molecule has 1 N–H and O–H groups in total. The first-order chi connectivity index (χ1) is 11.5. The van der Waals surface area contributed by atoms with E-state index in [1.54, 1.807) is 24.3 Å². The first kappa shape index (κ1) is 16.8. The van der Waals surface area contributed by atoms with Gasteiger partial charge in [0, 0.05) is 26.2 Å². The van der Waals surface area contributed by atoms with Gasteiger partial charge in [0.05, 0.1) is 16.3 Å². The highest BCUT2D eigenvalue weighted by Crippen LogP contribution is 2.28. The van der Waals surface area contributed by atoms with Crippen LogP contribution in [-0.4, -0.2) is 46.5 Å². The van der Waals surface area contributed by atoms with E-state index in [1.165, 1.54) is 0 Å². The molecule has 0 unspecified atom stereocenters. The van der Waals surface area contributed by atoms with Crippen LogP contribution in [0.1, 0.15) is 5.56 Å². The lowest BCUT2D eigenvalue weighted by Gasteiger charge is -2.35. The Hall–Kier alpha value is -2.05. The summed E-state index contributed by atoms with van der Waals surface area (Å²) in [5.74, 6) is 0. The van der Waals surface area contributed by atoms with E-state index >= 15 is 0 Å². The Morgan fingerprint density at radius 3 is 2.21 bits per heavy atom. The molecule has 0 atom stereocenters. The van der Waals surface area contributed by atoms with E-state index in [4.69, 9.17) is 0 Å². The quantitative estimate of drug-likeness (QED) is 0.925. The lowest BCUT2D eigenvalue weighted by molar-refractivity contribution is 0.313. The number of nitrogens with zero attached hydrogens (tertiary/aromatic N) is 2. The van der Waals surface area contributed by atoms with Crippen molar-refractivity contribution in [2.75, 3.05) is 42.8 Å². The van der Waals surface area contributed by atoms with Crippen LogP contribution in [0.25, 0.3) is 0 Å². The highest BCUT2D eigenvalue weighted by Gasteiger charge is 2.20. The molecule has 1 fully saturated rings. The molecule has 0 saturated carbocycles. The largest absolute Gasteiger partial charge is 0.367 e. The summed E-state index contributed by atoms with van der Waals surface area (Å²) in [4.78, 5) is 4.78. The molecule has 24 heavy (non-hydrogen) atoms. The van der Waals surface area contributed by atoms with Gasteiger partial charge in [-0.25, -0.2) is 8.42 Å². The Bertz CT molecular complexity index is 795. The smallest absolute Gasteiger partial charge is 0.261 e. The third kappa shape index (κ3) is 3.71. The number of benzene rings is 2. The Labute approximate surface area is 144 Å². The van der Waals surface area contributed by atoms with Crippen molar-refractivity contribution >= 4 is 21.4 Å². The van der Waals surface area contributed by atoms with Crippen LogP contribution in [0.2, 0.25) is 0 Å². The standard InChI is InChI=1S/C18H23N3O2S/c1-15-7-9-16(10-8-15)24(22,23)19-17-5-3-4-6-18(17)21-13-11-20(2)12-14-21/h3-10,19H,11-14H2,1-2H3. The fraction of sp³-hybridized carbons (Fsp3) is 0.333. The van der Waals surface area contributed by atoms with Crippen LogP contribution in [0.5, 0.6) is 0 Å². The summed E-state index contributed by atoms with van der Waals surface area (Å²) in [6.45, 7) is 5.66. The Kier molecular flexibility index (Phi) is 4.78. The average molecular weight is 345 g/mol. The van der Waals surface area contributed by atoms with Crippen LogP contribution in [0.4, 0.5) is 11.4 Å². The number of hydrogen-bond donors (Lipinski definition) is 1. The first-order valence-corrected chi connectivity index (χ1v) is 9.56. The highest BCUT2D eigenvalue weighted by molar-refractivity contribution is 7.92. The normalized spacial score (nSPS) is 16.2. The van der Waals surface area contributed by atoms with Crippen LogP contribution in [0.15, 0.2) is 53.4 Å². The molecule has 1 aliphatic heterocycles. The molecule has 0 bridgehead atoms. The minimum Gasteiger partial charge on any atom is -0.367 e. The van der Waals surface area contributed by atoms with Gasteiger partial charge in [-0.15, -0.1) is 0 Å². The van der Waals surface area contributed by atoms with Gasteiger partial charge in [0.25, 0.3) is 10.0 Å². The number of hydrogen-bond acceptors (Lipinski definition) is 4. The number of anilines is 2. The van der Waals surface area contributed by atoms with Crippen molar-refractivity contribution in [2.45, 2.75) is 11.8 Å². The third-order valence-corrected chi connectivity index (χ3v) is 5.71. The molecule has 1 saturated heterocycles. The second-order valence-electron chi connectivity index (χ2n) is 6.23. The van der Waals surface area contributed by atoms with Gasteiger partial charge in [0.15, 0.2) is 0 Å². The molecule has 1 heterocycles. The predicted octanol–water partition coefficient (Wildman–Crippen LogP) is 2.55. The zero-order chi connectivity index (χ0) is 17.2. The third-order valence-electron chi connectivity index (χ3n) is 4.32. The molecule has 5 nitrogen and oxygen atoms in total. The maximum absolute atomic E-state index is 12.7. The summed E-state index contributed by atoms with van der Waals surface area (Å²) in [5, 5.41) is 0. The van der Waals surface area contributed by atoms with Gasteiger partial charge in [-0.1, -0.05) is 29.8 Å². The van der Waals surface area contributed by atoms with E-state index in [1.807, 2.05) is 31.2 Å². The maximum Gasteiger partial charge on any atom is 0.261 e. The minimum absolute atomic E-state index is 0.279. The molecule has 0 spiro atoms. The van der Waals surface area contributed by atoms with Crippen LogP contribution < -0.4 is 9.62 Å². The molecule has 0 aliphatic carbocycles. The zero-order valence-corrected chi connectivity index (χ0v) is 14.9. The fourth-order valence-electron chi connectivity index (χ4n) is 2.80.